The number of aromatic nitrogens is 2. The molecule has 0 spiro atoms. The van der Waals surface area contributed by atoms with E-state index in [0.717, 1.165) is 24.7 Å². The van der Waals surface area contributed by atoms with Crippen molar-refractivity contribution in [3.8, 4) is 11.3 Å². The van der Waals surface area contributed by atoms with Crippen LogP contribution < -0.4 is 0 Å². The molecule has 2 heterocycles. The monoisotopic (exact) mass is 232 g/mol. The molecule has 0 atom stereocenters. The van der Waals surface area contributed by atoms with Gasteiger partial charge < -0.3 is 4.42 Å². The number of nitrogens with zero attached hydrogens (tertiary/aromatic N) is 2. The Balaban J connectivity index is 2.43. The normalized spacial score (nSPS) is 11.0. The van der Waals surface area contributed by atoms with Gasteiger partial charge in [0.25, 0.3) is 0 Å². The number of carbonyl (C=O) groups excluding carboxylic acids is 1. The van der Waals surface area contributed by atoms with Crippen molar-refractivity contribution < 1.29 is 9.21 Å². The van der Waals surface area contributed by atoms with Gasteiger partial charge in [0.1, 0.15) is 5.69 Å². The summed E-state index contributed by atoms with van der Waals surface area (Å²) in [5.41, 5.74) is 2.15. The predicted molar refractivity (Wildman–Crippen MR) is 64.9 cm³/mol. The van der Waals surface area contributed by atoms with Gasteiger partial charge in [-0.2, -0.15) is 5.10 Å². The predicted octanol–water partition coefficient (Wildman–Crippen LogP) is 3.32. The van der Waals surface area contributed by atoms with Gasteiger partial charge in [-0.1, -0.05) is 13.8 Å². The molecular formula is C13H16N2O2. The molecule has 0 fully saturated rings. The molecule has 0 aliphatic heterocycles. The molecule has 0 aliphatic rings. The second kappa shape index (κ2) is 4.99. The van der Waals surface area contributed by atoms with Crippen molar-refractivity contribution in [3.05, 3.63) is 30.4 Å². The number of rotatable bonds is 5. The molecule has 0 saturated heterocycles. The maximum atomic E-state index is 11.1. The highest BCUT2D eigenvalue weighted by Crippen LogP contribution is 2.24. The number of furan rings is 1. The van der Waals surface area contributed by atoms with E-state index < -0.39 is 0 Å². The first kappa shape index (κ1) is 11.6. The second-order valence-corrected chi connectivity index (χ2v) is 4.01. The van der Waals surface area contributed by atoms with E-state index in [1.807, 2.05) is 16.9 Å². The van der Waals surface area contributed by atoms with E-state index in [4.69, 9.17) is 4.42 Å². The standard InChI is InChI=1S/C13H16N2O2/c1-3-12(4-2)15-7-11(8-16)13(14-15)10-5-6-17-9-10/h5-9,12H,3-4H2,1-2H3. The summed E-state index contributed by atoms with van der Waals surface area (Å²) < 4.78 is 6.91. The fourth-order valence-electron chi connectivity index (χ4n) is 1.97. The summed E-state index contributed by atoms with van der Waals surface area (Å²) >= 11 is 0. The Kier molecular flexibility index (Phi) is 3.42. The summed E-state index contributed by atoms with van der Waals surface area (Å²) in [7, 11) is 0. The molecule has 0 aliphatic carbocycles. The van der Waals surface area contributed by atoms with Gasteiger partial charge in [-0.05, 0) is 18.9 Å². The molecule has 17 heavy (non-hydrogen) atoms. The summed E-state index contributed by atoms with van der Waals surface area (Å²) in [6.45, 7) is 4.24. The minimum Gasteiger partial charge on any atom is -0.472 e. The molecule has 2 aromatic heterocycles. The summed E-state index contributed by atoms with van der Waals surface area (Å²) in [6, 6.07) is 2.15. The lowest BCUT2D eigenvalue weighted by Crippen LogP contribution is -2.07. The van der Waals surface area contributed by atoms with E-state index in [1.54, 1.807) is 12.5 Å². The fourth-order valence-corrected chi connectivity index (χ4v) is 1.97. The Morgan fingerprint density at radius 3 is 2.76 bits per heavy atom. The molecule has 90 valence electrons. The number of hydrogen-bond acceptors (Lipinski definition) is 3. The summed E-state index contributed by atoms with van der Waals surface area (Å²) in [6.07, 6.45) is 7.84. The molecule has 4 heteroatoms. The van der Waals surface area contributed by atoms with Crippen LogP contribution in [-0.2, 0) is 0 Å². The zero-order chi connectivity index (χ0) is 12.3. The summed E-state index contributed by atoms with van der Waals surface area (Å²) in [5.74, 6) is 0. The smallest absolute Gasteiger partial charge is 0.153 e. The third kappa shape index (κ3) is 2.16. The van der Waals surface area contributed by atoms with Crippen molar-refractivity contribution in [2.75, 3.05) is 0 Å². The lowest BCUT2D eigenvalue weighted by Gasteiger charge is -2.12. The lowest BCUT2D eigenvalue weighted by atomic mass is 10.1. The fraction of sp³-hybridized carbons (Fsp3) is 0.385. The van der Waals surface area contributed by atoms with Crippen LogP contribution in [0.1, 0.15) is 43.1 Å². The van der Waals surface area contributed by atoms with E-state index >= 15 is 0 Å². The first-order valence-corrected chi connectivity index (χ1v) is 5.87. The van der Waals surface area contributed by atoms with Gasteiger partial charge in [0.05, 0.1) is 24.1 Å². The molecule has 0 amide bonds. The van der Waals surface area contributed by atoms with Crippen LogP contribution >= 0.6 is 0 Å². The first-order valence-electron chi connectivity index (χ1n) is 5.87. The minimum atomic E-state index is 0.342. The lowest BCUT2D eigenvalue weighted by molar-refractivity contribution is 0.112. The topological polar surface area (TPSA) is 48.0 Å². The Labute approximate surface area is 100 Å². The van der Waals surface area contributed by atoms with E-state index in [0.29, 0.717) is 17.3 Å². The van der Waals surface area contributed by atoms with Crippen LogP contribution in [0.2, 0.25) is 0 Å². The highest BCUT2D eigenvalue weighted by Gasteiger charge is 2.15. The van der Waals surface area contributed by atoms with Crippen molar-refractivity contribution in [1.82, 2.24) is 9.78 Å². The first-order chi connectivity index (χ1) is 8.30. The third-order valence-electron chi connectivity index (χ3n) is 3.00. The van der Waals surface area contributed by atoms with Gasteiger partial charge in [-0.15, -0.1) is 0 Å². The quantitative estimate of drug-likeness (QED) is 0.743. The minimum absolute atomic E-state index is 0.342. The van der Waals surface area contributed by atoms with Gasteiger partial charge >= 0.3 is 0 Å². The SMILES string of the molecule is CCC(CC)n1cc(C=O)c(-c2ccoc2)n1. The maximum Gasteiger partial charge on any atom is 0.153 e. The maximum absolute atomic E-state index is 11.1. The van der Waals surface area contributed by atoms with Crippen molar-refractivity contribution in [3.63, 3.8) is 0 Å². The molecular weight excluding hydrogens is 216 g/mol. The van der Waals surface area contributed by atoms with E-state index in [2.05, 4.69) is 18.9 Å². The number of hydrogen-bond donors (Lipinski definition) is 0. The van der Waals surface area contributed by atoms with E-state index in [1.165, 1.54) is 0 Å². The van der Waals surface area contributed by atoms with Gasteiger partial charge in [-0.3, -0.25) is 9.48 Å². The van der Waals surface area contributed by atoms with Crippen LogP contribution in [0.15, 0.2) is 29.2 Å². The molecule has 0 bridgehead atoms. The van der Waals surface area contributed by atoms with Gasteiger partial charge in [0.2, 0.25) is 0 Å². The average Bonchev–Trinajstić information content (AvgIpc) is 2.98. The Bertz CT molecular complexity index is 481. The Morgan fingerprint density at radius 1 is 1.47 bits per heavy atom. The van der Waals surface area contributed by atoms with E-state index in [-0.39, 0.29) is 0 Å². The van der Waals surface area contributed by atoms with Gasteiger partial charge in [0.15, 0.2) is 6.29 Å². The van der Waals surface area contributed by atoms with Crippen LogP contribution in [0.3, 0.4) is 0 Å². The van der Waals surface area contributed by atoms with Crippen LogP contribution in [0.5, 0.6) is 0 Å². The zero-order valence-electron chi connectivity index (χ0n) is 10.1. The second-order valence-electron chi connectivity index (χ2n) is 4.01. The molecule has 0 radical (unpaired) electrons. The number of aldehydes is 1. The molecule has 2 rings (SSSR count). The van der Waals surface area contributed by atoms with Crippen molar-refractivity contribution in [1.29, 1.82) is 0 Å². The molecule has 0 unspecified atom stereocenters. The third-order valence-corrected chi connectivity index (χ3v) is 3.00. The van der Waals surface area contributed by atoms with Crippen molar-refractivity contribution in [2.45, 2.75) is 32.7 Å². The largest absolute Gasteiger partial charge is 0.472 e. The van der Waals surface area contributed by atoms with E-state index in [9.17, 15) is 4.79 Å². The van der Waals surface area contributed by atoms with Gasteiger partial charge in [0, 0.05) is 11.8 Å². The molecule has 0 saturated carbocycles. The molecule has 0 N–H and O–H groups in total. The Morgan fingerprint density at radius 2 is 2.24 bits per heavy atom. The molecule has 0 aromatic carbocycles. The van der Waals surface area contributed by atoms with Crippen molar-refractivity contribution in [2.24, 2.45) is 0 Å². The van der Waals surface area contributed by atoms with Gasteiger partial charge in [-0.25, -0.2) is 0 Å². The highest BCUT2D eigenvalue weighted by molar-refractivity contribution is 5.85. The number of carbonyl (C=O) groups is 1. The van der Waals surface area contributed by atoms with Crippen molar-refractivity contribution >= 4 is 6.29 Å². The van der Waals surface area contributed by atoms with Crippen LogP contribution in [0.4, 0.5) is 0 Å². The summed E-state index contributed by atoms with van der Waals surface area (Å²) in [5, 5.41) is 4.49. The average molecular weight is 232 g/mol. The van der Waals surface area contributed by atoms with Crippen LogP contribution in [0.25, 0.3) is 11.3 Å². The van der Waals surface area contributed by atoms with Crippen LogP contribution in [-0.4, -0.2) is 16.1 Å². The highest BCUT2D eigenvalue weighted by atomic mass is 16.3. The zero-order valence-corrected chi connectivity index (χ0v) is 10.1. The molecule has 2 aromatic rings. The summed E-state index contributed by atoms with van der Waals surface area (Å²) in [4.78, 5) is 11.1. The van der Waals surface area contributed by atoms with Crippen LogP contribution in [0, 0.1) is 0 Å². The Hall–Kier alpha value is -1.84. The molecule has 4 nitrogen and oxygen atoms in total.